The summed E-state index contributed by atoms with van der Waals surface area (Å²) in [7, 11) is -1.92. The average Bonchev–Trinajstić information content (AvgIpc) is 3.29. The Morgan fingerprint density at radius 2 is 2.04 bits per heavy atom. The first-order valence-corrected chi connectivity index (χ1v) is 11.0. The Kier molecular flexibility index (Phi) is 4.58. The standard InChI is InChI=1S/C18H20FN3O3S2/c1-20-10-17(23)22(15-5-8-26-11-15)13-18(20)6-7-21(12-18)27(24,25)16-4-2-3-14(19)9-16/h2-5,8-9,11H,6-7,10,12-13H2,1H3. The van der Waals surface area contributed by atoms with Crippen molar-refractivity contribution in [2.75, 3.05) is 38.1 Å². The van der Waals surface area contributed by atoms with Gasteiger partial charge in [-0.2, -0.15) is 15.6 Å². The second-order valence-corrected chi connectivity index (χ2v) is 9.81. The van der Waals surface area contributed by atoms with Crippen LogP contribution in [0.5, 0.6) is 0 Å². The molecule has 1 unspecified atom stereocenters. The first-order chi connectivity index (χ1) is 12.8. The van der Waals surface area contributed by atoms with Crippen molar-refractivity contribution < 1.29 is 17.6 Å². The quantitative estimate of drug-likeness (QED) is 0.778. The maximum atomic E-state index is 13.5. The van der Waals surface area contributed by atoms with Crippen LogP contribution in [0.15, 0.2) is 46.0 Å². The summed E-state index contributed by atoms with van der Waals surface area (Å²) in [5.41, 5.74) is 0.403. The van der Waals surface area contributed by atoms with Crippen LogP contribution < -0.4 is 4.90 Å². The Morgan fingerprint density at radius 3 is 2.74 bits per heavy atom. The maximum Gasteiger partial charge on any atom is 0.243 e. The summed E-state index contributed by atoms with van der Waals surface area (Å²) in [6, 6.07) is 6.99. The lowest BCUT2D eigenvalue weighted by molar-refractivity contribution is -0.123. The summed E-state index contributed by atoms with van der Waals surface area (Å²) < 4.78 is 40.8. The third kappa shape index (κ3) is 3.18. The van der Waals surface area contributed by atoms with Crippen LogP contribution in [0.3, 0.4) is 0 Å². The zero-order chi connectivity index (χ0) is 19.2. The Morgan fingerprint density at radius 1 is 1.22 bits per heavy atom. The third-order valence-corrected chi connectivity index (χ3v) is 8.00. The molecule has 2 saturated heterocycles. The van der Waals surface area contributed by atoms with Crippen molar-refractivity contribution in [2.24, 2.45) is 0 Å². The van der Waals surface area contributed by atoms with Crippen molar-refractivity contribution in [3.05, 3.63) is 46.9 Å². The molecule has 1 amide bonds. The second kappa shape index (κ2) is 6.66. The van der Waals surface area contributed by atoms with Crippen LogP contribution in [-0.4, -0.2) is 62.3 Å². The topological polar surface area (TPSA) is 60.9 Å². The molecule has 9 heteroatoms. The number of likely N-dealkylation sites (N-methyl/N-ethyl adjacent to an activating group) is 1. The summed E-state index contributed by atoms with van der Waals surface area (Å²) in [6.07, 6.45) is 0.617. The number of hydrogen-bond acceptors (Lipinski definition) is 5. The van der Waals surface area contributed by atoms with E-state index in [-0.39, 0.29) is 23.9 Å². The monoisotopic (exact) mass is 409 g/mol. The van der Waals surface area contributed by atoms with Gasteiger partial charge in [-0.1, -0.05) is 6.07 Å². The summed E-state index contributed by atoms with van der Waals surface area (Å²) in [4.78, 5) is 16.2. The molecule has 1 atom stereocenters. The number of carbonyl (C=O) groups is 1. The molecule has 3 heterocycles. The Hall–Kier alpha value is -1.81. The first kappa shape index (κ1) is 18.5. The minimum atomic E-state index is -3.78. The minimum absolute atomic E-state index is 0.00737. The van der Waals surface area contributed by atoms with E-state index in [1.165, 1.54) is 33.8 Å². The fourth-order valence-electron chi connectivity index (χ4n) is 3.85. The van der Waals surface area contributed by atoms with Crippen LogP contribution in [-0.2, 0) is 14.8 Å². The van der Waals surface area contributed by atoms with Gasteiger partial charge in [0.05, 0.1) is 22.7 Å². The van der Waals surface area contributed by atoms with Gasteiger partial charge in [-0.3, -0.25) is 9.69 Å². The number of sulfonamides is 1. The van der Waals surface area contributed by atoms with Crippen molar-refractivity contribution in [1.29, 1.82) is 0 Å². The second-order valence-electron chi connectivity index (χ2n) is 7.09. The number of thiophene rings is 1. The molecule has 2 aliphatic rings. The highest BCUT2D eigenvalue weighted by Crippen LogP contribution is 2.36. The molecule has 0 aliphatic carbocycles. The Labute approximate surface area is 161 Å². The number of benzene rings is 1. The predicted octanol–water partition coefficient (Wildman–Crippen LogP) is 2.00. The number of carbonyl (C=O) groups excluding carboxylic acids is 1. The number of rotatable bonds is 3. The number of amides is 1. The lowest BCUT2D eigenvalue weighted by atomic mass is 9.93. The van der Waals surface area contributed by atoms with E-state index in [2.05, 4.69) is 0 Å². The zero-order valence-corrected chi connectivity index (χ0v) is 16.5. The van der Waals surface area contributed by atoms with Crippen molar-refractivity contribution >= 4 is 33.0 Å². The highest BCUT2D eigenvalue weighted by Gasteiger charge is 2.50. The molecule has 6 nitrogen and oxygen atoms in total. The number of nitrogens with zero attached hydrogens (tertiary/aromatic N) is 3. The molecule has 1 aromatic carbocycles. The fourth-order valence-corrected chi connectivity index (χ4v) is 6.04. The molecule has 2 fully saturated rings. The van der Waals surface area contributed by atoms with Crippen LogP contribution in [0.1, 0.15) is 6.42 Å². The molecule has 0 saturated carbocycles. The Balaban J connectivity index is 1.61. The molecule has 1 aromatic heterocycles. The van der Waals surface area contributed by atoms with E-state index in [0.29, 0.717) is 19.5 Å². The maximum absolute atomic E-state index is 13.5. The van der Waals surface area contributed by atoms with Crippen molar-refractivity contribution in [3.8, 4) is 0 Å². The van der Waals surface area contributed by atoms with Crippen molar-refractivity contribution in [3.63, 3.8) is 0 Å². The third-order valence-electron chi connectivity index (χ3n) is 5.48. The lowest BCUT2D eigenvalue weighted by Crippen LogP contribution is -2.64. The summed E-state index contributed by atoms with van der Waals surface area (Å²) in [5, 5.41) is 3.84. The molecular formula is C18H20FN3O3S2. The van der Waals surface area contributed by atoms with Crippen molar-refractivity contribution in [1.82, 2.24) is 9.21 Å². The molecule has 4 rings (SSSR count). The van der Waals surface area contributed by atoms with Crippen LogP contribution in [0.2, 0.25) is 0 Å². The van der Waals surface area contributed by atoms with E-state index >= 15 is 0 Å². The summed E-state index contributed by atoms with van der Waals surface area (Å²) >= 11 is 1.52. The van der Waals surface area contributed by atoms with E-state index in [4.69, 9.17) is 0 Å². The van der Waals surface area contributed by atoms with E-state index < -0.39 is 21.4 Å². The van der Waals surface area contributed by atoms with Gasteiger partial charge in [0.2, 0.25) is 15.9 Å². The van der Waals surface area contributed by atoms with Gasteiger partial charge in [0, 0.05) is 25.0 Å². The summed E-state index contributed by atoms with van der Waals surface area (Å²) in [5.74, 6) is -0.568. The number of halogens is 1. The predicted molar refractivity (Wildman–Crippen MR) is 102 cm³/mol. The number of anilines is 1. The Bertz CT molecular complexity index is 964. The van der Waals surface area contributed by atoms with Gasteiger partial charge in [0.1, 0.15) is 5.82 Å². The smallest absolute Gasteiger partial charge is 0.243 e. The molecule has 27 heavy (non-hydrogen) atoms. The molecule has 2 aromatic rings. The van der Waals surface area contributed by atoms with Gasteiger partial charge in [-0.05, 0) is 43.1 Å². The highest BCUT2D eigenvalue weighted by atomic mass is 32.2. The molecular weight excluding hydrogens is 389 g/mol. The van der Waals surface area contributed by atoms with Gasteiger partial charge in [0.25, 0.3) is 0 Å². The number of piperazine rings is 1. The largest absolute Gasteiger partial charge is 0.309 e. The SMILES string of the molecule is CN1CC(=O)N(c2ccsc2)CC12CCN(S(=O)(=O)c1cccc(F)c1)C2. The lowest BCUT2D eigenvalue weighted by Gasteiger charge is -2.46. The van der Waals surface area contributed by atoms with E-state index in [9.17, 15) is 17.6 Å². The van der Waals surface area contributed by atoms with Crippen LogP contribution in [0.4, 0.5) is 10.1 Å². The van der Waals surface area contributed by atoms with Gasteiger partial charge in [0.15, 0.2) is 0 Å². The van der Waals surface area contributed by atoms with Gasteiger partial charge in [-0.15, -0.1) is 0 Å². The number of hydrogen-bond donors (Lipinski definition) is 0. The van der Waals surface area contributed by atoms with E-state index in [0.717, 1.165) is 11.8 Å². The molecule has 144 valence electrons. The summed E-state index contributed by atoms with van der Waals surface area (Å²) in [6.45, 7) is 1.29. The average molecular weight is 410 g/mol. The van der Waals surface area contributed by atoms with Gasteiger partial charge in [-0.25, -0.2) is 12.8 Å². The van der Waals surface area contributed by atoms with Crippen LogP contribution in [0, 0.1) is 5.82 Å². The normalized spacial score (nSPS) is 24.8. The molecule has 0 bridgehead atoms. The zero-order valence-electron chi connectivity index (χ0n) is 14.8. The van der Waals surface area contributed by atoms with Crippen LogP contribution in [0.25, 0.3) is 0 Å². The first-order valence-electron chi connectivity index (χ1n) is 8.61. The minimum Gasteiger partial charge on any atom is -0.309 e. The van der Waals surface area contributed by atoms with E-state index in [1.54, 1.807) is 4.90 Å². The molecule has 0 N–H and O–H groups in total. The van der Waals surface area contributed by atoms with E-state index in [1.807, 2.05) is 28.8 Å². The highest BCUT2D eigenvalue weighted by molar-refractivity contribution is 7.89. The fraction of sp³-hybridized carbons (Fsp3) is 0.389. The van der Waals surface area contributed by atoms with Crippen molar-refractivity contribution in [2.45, 2.75) is 16.9 Å². The van der Waals surface area contributed by atoms with Gasteiger partial charge < -0.3 is 4.90 Å². The van der Waals surface area contributed by atoms with Crippen LogP contribution >= 0.6 is 11.3 Å². The molecule has 0 radical (unpaired) electrons. The molecule has 1 spiro atoms. The molecule has 2 aliphatic heterocycles. The van der Waals surface area contributed by atoms with Gasteiger partial charge >= 0.3 is 0 Å².